The third-order valence-electron chi connectivity index (χ3n) is 3.08. The third kappa shape index (κ3) is 1.85. The van der Waals surface area contributed by atoms with Gasteiger partial charge in [0.15, 0.2) is 5.82 Å². The number of hydrogen-bond acceptors (Lipinski definition) is 4. The second-order valence-electron chi connectivity index (χ2n) is 4.27. The Hall–Kier alpha value is -2.70. The van der Waals surface area contributed by atoms with Crippen LogP contribution in [-0.2, 0) is 13.6 Å². The molecule has 0 spiro atoms. The van der Waals surface area contributed by atoms with Gasteiger partial charge in [-0.2, -0.15) is 0 Å². The second-order valence-corrected chi connectivity index (χ2v) is 4.27. The molecule has 0 aliphatic rings. The molecule has 0 saturated carbocycles. The lowest BCUT2D eigenvalue weighted by Crippen LogP contribution is -2.05. The van der Waals surface area contributed by atoms with Crippen LogP contribution in [0.2, 0.25) is 0 Å². The minimum Gasteiger partial charge on any atom is -0.334 e. The molecule has 96 valence electrons. The van der Waals surface area contributed by atoms with Crippen LogP contribution in [0.1, 0.15) is 5.82 Å². The Labute approximate surface area is 108 Å². The molecule has 2 heterocycles. The molecule has 0 bridgehead atoms. The van der Waals surface area contributed by atoms with Gasteiger partial charge in [0, 0.05) is 24.7 Å². The zero-order chi connectivity index (χ0) is 13.4. The molecule has 3 aromatic rings. The fraction of sp³-hybridized carbons (Fsp3) is 0.167. The molecule has 0 aliphatic heterocycles. The fourth-order valence-electron chi connectivity index (χ4n) is 2.12. The maximum Gasteiger partial charge on any atom is 0.293 e. The summed E-state index contributed by atoms with van der Waals surface area (Å²) in [6.07, 6.45) is 3.43. The second kappa shape index (κ2) is 4.20. The number of benzene rings is 1. The van der Waals surface area contributed by atoms with Crippen LogP contribution in [0.5, 0.6) is 0 Å². The summed E-state index contributed by atoms with van der Waals surface area (Å²) in [5.41, 5.74) is 0.708. The molecule has 3 rings (SSSR count). The number of aromatic nitrogens is 4. The van der Waals surface area contributed by atoms with Crippen LogP contribution < -0.4 is 0 Å². The van der Waals surface area contributed by atoms with Crippen LogP contribution in [0.3, 0.4) is 0 Å². The first kappa shape index (κ1) is 11.4. The van der Waals surface area contributed by atoms with Crippen molar-refractivity contribution in [2.45, 2.75) is 6.54 Å². The van der Waals surface area contributed by atoms with Crippen molar-refractivity contribution in [3.05, 3.63) is 52.7 Å². The summed E-state index contributed by atoms with van der Waals surface area (Å²) in [4.78, 5) is 10.7. The van der Waals surface area contributed by atoms with Crippen LogP contribution in [0.25, 0.3) is 10.9 Å². The molecule has 0 N–H and O–H groups in total. The lowest BCUT2D eigenvalue weighted by molar-refractivity contribution is -0.383. The minimum atomic E-state index is -0.366. The van der Waals surface area contributed by atoms with E-state index in [9.17, 15) is 10.1 Å². The van der Waals surface area contributed by atoms with Crippen molar-refractivity contribution in [1.82, 2.24) is 19.3 Å². The quantitative estimate of drug-likeness (QED) is 0.528. The van der Waals surface area contributed by atoms with Gasteiger partial charge in [0.05, 0.1) is 11.5 Å². The molecule has 0 aliphatic carbocycles. The summed E-state index contributed by atoms with van der Waals surface area (Å²) in [5, 5.41) is 19.7. The molecule has 0 radical (unpaired) electrons. The van der Waals surface area contributed by atoms with Crippen molar-refractivity contribution in [2.75, 3.05) is 0 Å². The van der Waals surface area contributed by atoms with Gasteiger partial charge in [-0.05, 0) is 6.07 Å². The lowest BCUT2D eigenvalue weighted by atomic mass is 10.2. The highest BCUT2D eigenvalue weighted by atomic mass is 16.6. The summed E-state index contributed by atoms with van der Waals surface area (Å²) in [5.74, 6) is 0.746. The Morgan fingerprint density at radius 3 is 2.89 bits per heavy atom. The highest BCUT2D eigenvalue weighted by Crippen LogP contribution is 2.26. The Morgan fingerprint density at radius 2 is 2.21 bits per heavy atom. The van der Waals surface area contributed by atoms with Gasteiger partial charge in [-0.25, -0.2) is 0 Å². The van der Waals surface area contributed by atoms with Crippen LogP contribution in [0, 0.1) is 10.1 Å². The molecular formula is C12H11N5O2. The smallest absolute Gasteiger partial charge is 0.293 e. The van der Waals surface area contributed by atoms with Crippen molar-refractivity contribution >= 4 is 16.6 Å². The van der Waals surface area contributed by atoms with Gasteiger partial charge in [0.1, 0.15) is 11.8 Å². The molecule has 1 aromatic carbocycles. The number of fused-ring (bicyclic) bond motifs is 1. The molecule has 0 unspecified atom stereocenters. The van der Waals surface area contributed by atoms with Crippen molar-refractivity contribution in [3.8, 4) is 0 Å². The molecule has 2 aromatic heterocycles. The Balaban J connectivity index is 2.14. The number of para-hydroxylation sites is 1. The van der Waals surface area contributed by atoms with Gasteiger partial charge < -0.3 is 9.13 Å². The van der Waals surface area contributed by atoms with E-state index in [0.29, 0.717) is 12.1 Å². The Morgan fingerprint density at radius 1 is 1.37 bits per heavy atom. The Bertz CT molecular complexity index is 758. The van der Waals surface area contributed by atoms with E-state index >= 15 is 0 Å². The number of aryl methyl sites for hydroxylation is 1. The molecule has 0 atom stereocenters. The third-order valence-corrected chi connectivity index (χ3v) is 3.08. The van der Waals surface area contributed by atoms with E-state index in [-0.39, 0.29) is 10.6 Å². The first-order valence-electron chi connectivity index (χ1n) is 5.72. The molecule has 19 heavy (non-hydrogen) atoms. The van der Waals surface area contributed by atoms with Crippen LogP contribution in [-0.4, -0.2) is 24.3 Å². The van der Waals surface area contributed by atoms with Gasteiger partial charge in [-0.15, -0.1) is 10.2 Å². The van der Waals surface area contributed by atoms with E-state index in [0.717, 1.165) is 11.2 Å². The summed E-state index contributed by atoms with van der Waals surface area (Å²) in [7, 11) is 1.84. The van der Waals surface area contributed by atoms with Crippen molar-refractivity contribution in [3.63, 3.8) is 0 Å². The van der Waals surface area contributed by atoms with E-state index in [1.54, 1.807) is 17.0 Å². The van der Waals surface area contributed by atoms with E-state index in [2.05, 4.69) is 10.2 Å². The van der Waals surface area contributed by atoms with Gasteiger partial charge >= 0.3 is 0 Å². The summed E-state index contributed by atoms with van der Waals surface area (Å²) in [6.45, 7) is 0.449. The molecule has 0 amide bonds. The maximum atomic E-state index is 11.1. The predicted molar refractivity (Wildman–Crippen MR) is 68.7 cm³/mol. The summed E-state index contributed by atoms with van der Waals surface area (Å²) in [6, 6.07) is 6.91. The van der Waals surface area contributed by atoms with E-state index in [1.165, 1.54) is 6.07 Å². The first-order valence-corrected chi connectivity index (χ1v) is 5.72. The normalized spacial score (nSPS) is 11.0. The molecular weight excluding hydrogens is 246 g/mol. The van der Waals surface area contributed by atoms with Gasteiger partial charge in [-0.3, -0.25) is 10.1 Å². The molecule has 0 fully saturated rings. The predicted octanol–water partition coefficient (Wildman–Crippen LogP) is 1.73. The van der Waals surface area contributed by atoms with Gasteiger partial charge in [0.25, 0.3) is 5.69 Å². The van der Waals surface area contributed by atoms with Crippen LogP contribution in [0.15, 0.2) is 36.8 Å². The highest BCUT2D eigenvalue weighted by Gasteiger charge is 2.16. The summed E-state index contributed by atoms with van der Waals surface area (Å²) < 4.78 is 3.61. The maximum absolute atomic E-state index is 11.1. The van der Waals surface area contributed by atoms with E-state index < -0.39 is 0 Å². The zero-order valence-corrected chi connectivity index (χ0v) is 10.2. The van der Waals surface area contributed by atoms with Crippen molar-refractivity contribution < 1.29 is 4.92 Å². The monoisotopic (exact) mass is 257 g/mol. The van der Waals surface area contributed by atoms with E-state index in [1.807, 2.05) is 29.9 Å². The van der Waals surface area contributed by atoms with Gasteiger partial charge in [0.2, 0.25) is 0 Å². The standard InChI is InChI=1S/C12H11N5O2/c1-15-8-13-14-11(15)7-16-6-5-9-3-2-4-10(12(9)16)17(18)19/h2-6,8H,7H2,1H3. The van der Waals surface area contributed by atoms with Crippen molar-refractivity contribution in [2.24, 2.45) is 7.05 Å². The number of nitro groups is 1. The molecule has 7 nitrogen and oxygen atoms in total. The number of nitro benzene ring substituents is 1. The Kier molecular flexibility index (Phi) is 2.52. The lowest BCUT2D eigenvalue weighted by Gasteiger charge is -2.05. The number of rotatable bonds is 3. The average Bonchev–Trinajstić information content (AvgIpc) is 2.97. The molecule has 0 saturated heterocycles. The van der Waals surface area contributed by atoms with Crippen LogP contribution in [0.4, 0.5) is 5.69 Å². The molecule has 7 heteroatoms. The fourth-order valence-corrected chi connectivity index (χ4v) is 2.12. The SMILES string of the molecule is Cn1cnnc1Cn1ccc2cccc([N+](=O)[O-])c21. The topological polar surface area (TPSA) is 78.8 Å². The number of nitrogens with zero attached hydrogens (tertiary/aromatic N) is 5. The number of non-ortho nitro benzene ring substituents is 1. The zero-order valence-electron chi connectivity index (χ0n) is 10.2. The van der Waals surface area contributed by atoms with Gasteiger partial charge in [-0.1, -0.05) is 12.1 Å². The minimum absolute atomic E-state index is 0.102. The number of hydrogen-bond donors (Lipinski definition) is 0. The summed E-state index contributed by atoms with van der Waals surface area (Å²) >= 11 is 0. The highest BCUT2D eigenvalue weighted by molar-refractivity contribution is 5.88. The average molecular weight is 257 g/mol. The largest absolute Gasteiger partial charge is 0.334 e. The van der Waals surface area contributed by atoms with Crippen LogP contribution >= 0.6 is 0 Å². The van der Waals surface area contributed by atoms with Crippen molar-refractivity contribution in [1.29, 1.82) is 0 Å². The first-order chi connectivity index (χ1) is 9.16. The van der Waals surface area contributed by atoms with E-state index in [4.69, 9.17) is 0 Å².